The minimum atomic E-state index is -0.282. The van der Waals surface area contributed by atoms with Crippen LogP contribution in [0.15, 0.2) is 29.2 Å². The molecule has 0 bridgehead atoms. The van der Waals surface area contributed by atoms with E-state index in [4.69, 9.17) is 11.6 Å². The Labute approximate surface area is 105 Å². The first-order valence-corrected chi connectivity index (χ1v) is 6.50. The molecule has 1 aliphatic rings. The maximum Gasteiger partial charge on any atom is 0.109 e. The molecule has 1 heterocycles. The van der Waals surface area contributed by atoms with Gasteiger partial charge in [0, 0.05) is 9.92 Å². The van der Waals surface area contributed by atoms with Crippen LogP contribution >= 0.6 is 23.4 Å². The molecule has 1 aromatic rings. The Bertz CT molecular complexity index is 408. The Hall–Kier alpha value is -0.690. The van der Waals surface area contributed by atoms with E-state index in [0.717, 1.165) is 35.8 Å². The van der Waals surface area contributed by atoms with E-state index in [0.29, 0.717) is 0 Å². The quantitative estimate of drug-likeness (QED) is 0.879. The van der Waals surface area contributed by atoms with E-state index >= 15 is 0 Å². The monoisotopic (exact) mass is 252 g/mol. The van der Waals surface area contributed by atoms with E-state index in [1.54, 1.807) is 11.8 Å². The van der Waals surface area contributed by atoms with Gasteiger partial charge in [-0.1, -0.05) is 17.7 Å². The Morgan fingerprint density at radius 1 is 1.38 bits per heavy atom. The van der Waals surface area contributed by atoms with E-state index in [1.165, 1.54) is 0 Å². The van der Waals surface area contributed by atoms with Gasteiger partial charge >= 0.3 is 0 Å². The number of benzene rings is 1. The van der Waals surface area contributed by atoms with Gasteiger partial charge in [0.1, 0.15) is 4.75 Å². The van der Waals surface area contributed by atoms with Crippen LogP contribution in [0, 0.1) is 11.3 Å². The lowest BCUT2D eigenvalue weighted by Gasteiger charge is -2.30. The Kier molecular flexibility index (Phi) is 3.75. The standard InChI is InChI=1S/C12H13ClN2S/c13-10-2-1-3-11(8-10)16-12(9-14)4-6-15-7-5-12/h1-3,8,15H,4-7H2. The van der Waals surface area contributed by atoms with Crippen LogP contribution in [0.1, 0.15) is 12.8 Å². The summed E-state index contributed by atoms with van der Waals surface area (Å²) in [5.74, 6) is 0. The topological polar surface area (TPSA) is 35.8 Å². The van der Waals surface area contributed by atoms with Gasteiger partial charge < -0.3 is 5.32 Å². The summed E-state index contributed by atoms with van der Waals surface area (Å²) in [4.78, 5) is 1.08. The number of thioether (sulfide) groups is 1. The lowest BCUT2D eigenvalue weighted by molar-refractivity contribution is 0.476. The molecule has 0 unspecified atom stereocenters. The smallest absolute Gasteiger partial charge is 0.109 e. The first-order valence-electron chi connectivity index (χ1n) is 5.31. The number of nitriles is 1. The second-order valence-corrected chi connectivity index (χ2v) is 5.81. The van der Waals surface area contributed by atoms with Crippen LogP contribution in [0.4, 0.5) is 0 Å². The third-order valence-corrected chi connectivity index (χ3v) is 4.34. The summed E-state index contributed by atoms with van der Waals surface area (Å²) in [5, 5.41) is 13.3. The number of halogens is 1. The van der Waals surface area contributed by atoms with Crippen molar-refractivity contribution < 1.29 is 0 Å². The van der Waals surface area contributed by atoms with Gasteiger partial charge in [0.15, 0.2) is 0 Å². The van der Waals surface area contributed by atoms with Crippen molar-refractivity contribution in [2.75, 3.05) is 13.1 Å². The summed E-state index contributed by atoms with van der Waals surface area (Å²) in [6.07, 6.45) is 1.78. The molecule has 2 rings (SSSR count). The summed E-state index contributed by atoms with van der Waals surface area (Å²) in [7, 11) is 0. The molecule has 0 atom stereocenters. The first-order chi connectivity index (χ1) is 7.74. The molecular weight excluding hydrogens is 240 g/mol. The van der Waals surface area contributed by atoms with E-state index in [1.807, 2.05) is 24.3 Å². The fourth-order valence-corrected chi connectivity index (χ4v) is 3.32. The van der Waals surface area contributed by atoms with Crippen molar-refractivity contribution in [1.82, 2.24) is 5.32 Å². The Balaban J connectivity index is 2.15. The highest BCUT2D eigenvalue weighted by Gasteiger charge is 2.33. The number of rotatable bonds is 2. The molecule has 0 saturated carbocycles. The zero-order chi connectivity index (χ0) is 11.4. The normalized spacial score (nSPS) is 19.0. The average molecular weight is 253 g/mol. The molecule has 0 radical (unpaired) electrons. The van der Waals surface area contributed by atoms with Crippen molar-refractivity contribution >= 4 is 23.4 Å². The second-order valence-electron chi connectivity index (χ2n) is 3.92. The molecule has 1 N–H and O–H groups in total. The third kappa shape index (κ3) is 2.70. The Morgan fingerprint density at radius 2 is 2.12 bits per heavy atom. The molecule has 2 nitrogen and oxygen atoms in total. The summed E-state index contributed by atoms with van der Waals surface area (Å²) in [5.41, 5.74) is 0. The van der Waals surface area contributed by atoms with Crippen LogP contribution in [0.25, 0.3) is 0 Å². The lowest BCUT2D eigenvalue weighted by atomic mass is 9.99. The molecule has 0 spiro atoms. The van der Waals surface area contributed by atoms with Gasteiger partial charge in [-0.2, -0.15) is 5.26 Å². The fraction of sp³-hybridized carbons (Fsp3) is 0.417. The SMILES string of the molecule is N#CC1(Sc2cccc(Cl)c2)CCNCC1. The predicted octanol–water partition coefficient (Wildman–Crippen LogP) is 3.08. The molecule has 1 fully saturated rings. The molecule has 1 aliphatic heterocycles. The molecule has 4 heteroatoms. The molecule has 0 aliphatic carbocycles. The van der Waals surface area contributed by atoms with Crippen LogP contribution < -0.4 is 5.32 Å². The van der Waals surface area contributed by atoms with Gasteiger partial charge in [0.25, 0.3) is 0 Å². The van der Waals surface area contributed by atoms with Crippen LogP contribution in [-0.4, -0.2) is 17.8 Å². The number of hydrogen-bond donors (Lipinski definition) is 1. The number of nitrogens with one attached hydrogen (secondary N) is 1. The number of hydrogen-bond acceptors (Lipinski definition) is 3. The molecule has 0 amide bonds. The third-order valence-electron chi connectivity index (χ3n) is 2.72. The number of nitrogens with zero attached hydrogens (tertiary/aromatic N) is 1. The van der Waals surface area contributed by atoms with Crippen molar-refractivity contribution in [2.45, 2.75) is 22.5 Å². The highest BCUT2D eigenvalue weighted by Crippen LogP contribution is 2.39. The van der Waals surface area contributed by atoms with Crippen LogP contribution in [-0.2, 0) is 0 Å². The summed E-state index contributed by atoms with van der Waals surface area (Å²) < 4.78 is -0.282. The van der Waals surface area contributed by atoms with E-state index in [2.05, 4.69) is 11.4 Å². The van der Waals surface area contributed by atoms with Gasteiger partial charge in [-0.15, -0.1) is 11.8 Å². The Morgan fingerprint density at radius 3 is 2.75 bits per heavy atom. The highest BCUT2D eigenvalue weighted by molar-refractivity contribution is 8.01. The van der Waals surface area contributed by atoms with E-state index in [-0.39, 0.29) is 4.75 Å². The largest absolute Gasteiger partial charge is 0.317 e. The van der Waals surface area contributed by atoms with Gasteiger partial charge in [0.05, 0.1) is 6.07 Å². The second kappa shape index (κ2) is 5.09. The highest BCUT2D eigenvalue weighted by atomic mass is 35.5. The molecule has 1 aromatic carbocycles. The zero-order valence-electron chi connectivity index (χ0n) is 8.87. The summed E-state index contributed by atoms with van der Waals surface area (Å²) in [6.45, 7) is 1.84. The van der Waals surface area contributed by atoms with Crippen molar-refractivity contribution in [1.29, 1.82) is 5.26 Å². The van der Waals surface area contributed by atoms with Gasteiger partial charge in [-0.3, -0.25) is 0 Å². The van der Waals surface area contributed by atoms with Crippen molar-refractivity contribution in [3.63, 3.8) is 0 Å². The maximum atomic E-state index is 9.34. The first kappa shape index (κ1) is 11.8. The van der Waals surface area contributed by atoms with Crippen LogP contribution in [0.2, 0.25) is 5.02 Å². The minimum absolute atomic E-state index is 0.282. The minimum Gasteiger partial charge on any atom is -0.317 e. The van der Waals surface area contributed by atoms with Crippen LogP contribution in [0.5, 0.6) is 0 Å². The fourth-order valence-electron chi connectivity index (χ4n) is 1.82. The maximum absolute atomic E-state index is 9.34. The number of piperidine rings is 1. The van der Waals surface area contributed by atoms with Gasteiger partial charge in [-0.25, -0.2) is 0 Å². The van der Waals surface area contributed by atoms with Crippen molar-refractivity contribution in [3.8, 4) is 6.07 Å². The lowest BCUT2D eigenvalue weighted by Crippen LogP contribution is -2.38. The molecular formula is C12H13ClN2S. The molecule has 16 heavy (non-hydrogen) atoms. The average Bonchev–Trinajstić information content (AvgIpc) is 2.30. The molecule has 84 valence electrons. The van der Waals surface area contributed by atoms with Crippen LogP contribution in [0.3, 0.4) is 0 Å². The molecule has 1 saturated heterocycles. The van der Waals surface area contributed by atoms with Gasteiger partial charge in [0.2, 0.25) is 0 Å². The van der Waals surface area contributed by atoms with E-state index < -0.39 is 0 Å². The van der Waals surface area contributed by atoms with Gasteiger partial charge in [-0.05, 0) is 44.1 Å². The van der Waals surface area contributed by atoms with E-state index in [9.17, 15) is 5.26 Å². The summed E-state index contributed by atoms with van der Waals surface area (Å²) >= 11 is 7.58. The molecule has 0 aromatic heterocycles. The summed E-state index contributed by atoms with van der Waals surface area (Å²) in [6, 6.07) is 10.2. The zero-order valence-corrected chi connectivity index (χ0v) is 10.4. The van der Waals surface area contributed by atoms with Crippen molar-refractivity contribution in [3.05, 3.63) is 29.3 Å². The predicted molar refractivity (Wildman–Crippen MR) is 67.8 cm³/mol. The van der Waals surface area contributed by atoms with Crippen molar-refractivity contribution in [2.24, 2.45) is 0 Å².